The topological polar surface area (TPSA) is 141 Å². The molecule has 16 heavy (non-hydrogen) atoms. The van der Waals surface area contributed by atoms with Crippen LogP contribution in [0.5, 0.6) is 0 Å². The molecule has 0 aliphatic rings. The molecular formula is C7H6N2O6S. The zero-order valence-corrected chi connectivity index (χ0v) is 8.47. The number of carbonyl (C=O) groups is 1. The maximum absolute atomic E-state index is 11.0. The lowest BCUT2D eigenvalue weighted by atomic mass is 10.2. The first-order chi connectivity index (χ1) is 7.23. The second-order valence-electron chi connectivity index (χ2n) is 2.79. The molecule has 0 fully saturated rings. The third-order valence-corrected chi connectivity index (χ3v) is 2.66. The fraction of sp³-hybridized carbons (Fsp3) is 0. The summed E-state index contributed by atoms with van der Waals surface area (Å²) >= 11 is 0. The number of hydrogen-bond acceptors (Lipinski definition) is 5. The van der Waals surface area contributed by atoms with Crippen LogP contribution in [-0.2, 0) is 10.0 Å². The summed E-state index contributed by atoms with van der Waals surface area (Å²) in [6.07, 6.45) is 0. The number of sulfonamides is 1. The van der Waals surface area contributed by atoms with E-state index in [-0.39, 0.29) is 0 Å². The van der Waals surface area contributed by atoms with Gasteiger partial charge in [-0.2, -0.15) is 0 Å². The van der Waals surface area contributed by atoms with E-state index in [1.807, 2.05) is 0 Å². The first kappa shape index (κ1) is 12.1. The van der Waals surface area contributed by atoms with Gasteiger partial charge in [0.05, 0.1) is 10.5 Å². The van der Waals surface area contributed by atoms with Crippen LogP contribution < -0.4 is 5.14 Å². The van der Waals surface area contributed by atoms with Crippen molar-refractivity contribution in [3.05, 3.63) is 33.9 Å². The fourth-order valence-electron chi connectivity index (χ4n) is 1.04. The SMILES string of the molecule is NS(=O)(=O)c1cc([N+](=O)[O-])ccc1C(=O)O. The Hall–Kier alpha value is -2.00. The smallest absolute Gasteiger partial charge is 0.337 e. The summed E-state index contributed by atoms with van der Waals surface area (Å²) in [5.41, 5.74) is -1.15. The van der Waals surface area contributed by atoms with Gasteiger partial charge < -0.3 is 5.11 Å². The molecule has 0 aromatic heterocycles. The average Bonchev–Trinajstić information content (AvgIpc) is 2.15. The molecule has 1 aromatic rings. The molecular weight excluding hydrogens is 240 g/mol. The van der Waals surface area contributed by atoms with Crippen molar-refractivity contribution in [2.24, 2.45) is 5.14 Å². The molecule has 0 heterocycles. The highest BCUT2D eigenvalue weighted by Gasteiger charge is 2.22. The highest BCUT2D eigenvalue weighted by atomic mass is 32.2. The Morgan fingerprint density at radius 1 is 1.44 bits per heavy atom. The summed E-state index contributed by atoms with van der Waals surface area (Å²) < 4.78 is 22.0. The number of aromatic carboxylic acids is 1. The number of nitrogens with zero attached hydrogens (tertiary/aromatic N) is 1. The minimum atomic E-state index is -4.32. The zero-order chi connectivity index (χ0) is 12.5. The molecule has 1 rings (SSSR count). The van der Waals surface area contributed by atoms with Crippen LogP contribution in [0.3, 0.4) is 0 Å². The van der Waals surface area contributed by atoms with Crippen LogP contribution in [0.25, 0.3) is 0 Å². The van der Waals surface area contributed by atoms with Gasteiger partial charge >= 0.3 is 5.97 Å². The van der Waals surface area contributed by atoms with E-state index in [0.717, 1.165) is 12.1 Å². The Labute approximate surface area is 89.5 Å². The van der Waals surface area contributed by atoms with Crippen LogP contribution in [0, 0.1) is 10.1 Å². The van der Waals surface area contributed by atoms with Gasteiger partial charge in [0.25, 0.3) is 5.69 Å². The van der Waals surface area contributed by atoms with Gasteiger partial charge in [-0.3, -0.25) is 10.1 Å². The van der Waals surface area contributed by atoms with Gasteiger partial charge in [-0.25, -0.2) is 18.4 Å². The van der Waals surface area contributed by atoms with Crippen LogP contribution in [0.2, 0.25) is 0 Å². The Kier molecular flexibility index (Phi) is 2.92. The number of carboxylic acid groups (broad SMARTS) is 1. The summed E-state index contributed by atoms with van der Waals surface area (Å²) in [6, 6.07) is 2.32. The van der Waals surface area contributed by atoms with Gasteiger partial charge in [0.2, 0.25) is 10.0 Å². The molecule has 1 aromatic carbocycles. The van der Waals surface area contributed by atoms with Crippen molar-refractivity contribution in [1.82, 2.24) is 0 Å². The minimum Gasteiger partial charge on any atom is -0.478 e. The van der Waals surface area contributed by atoms with Gasteiger partial charge in [0.15, 0.2) is 0 Å². The number of hydrogen-bond donors (Lipinski definition) is 2. The molecule has 0 unspecified atom stereocenters. The lowest BCUT2D eigenvalue weighted by Gasteiger charge is -2.02. The van der Waals surface area contributed by atoms with Crippen molar-refractivity contribution >= 4 is 21.7 Å². The van der Waals surface area contributed by atoms with Crippen LogP contribution in [0.15, 0.2) is 23.1 Å². The number of nitrogens with two attached hydrogens (primary N) is 1. The zero-order valence-electron chi connectivity index (χ0n) is 7.65. The molecule has 8 nitrogen and oxygen atoms in total. The summed E-state index contributed by atoms with van der Waals surface area (Å²) in [5.74, 6) is -1.53. The summed E-state index contributed by atoms with van der Waals surface area (Å²) in [5, 5.41) is 23.8. The minimum absolute atomic E-state index is 0.547. The van der Waals surface area contributed by atoms with Gasteiger partial charge in [-0.15, -0.1) is 0 Å². The Morgan fingerprint density at radius 3 is 2.38 bits per heavy atom. The third-order valence-electron chi connectivity index (χ3n) is 1.71. The van der Waals surface area contributed by atoms with E-state index in [1.54, 1.807) is 0 Å². The molecule has 3 N–H and O–H groups in total. The normalized spacial score (nSPS) is 11.1. The second kappa shape index (κ2) is 3.87. The predicted molar refractivity (Wildman–Crippen MR) is 51.4 cm³/mol. The molecule has 0 saturated heterocycles. The van der Waals surface area contributed by atoms with Crippen molar-refractivity contribution in [3.8, 4) is 0 Å². The Bertz CT molecular complexity index is 564. The molecule has 0 aliphatic carbocycles. The fourth-order valence-corrected chi connectivity index (χ4v) is 1.78. The van der Waals surface area contributed by atoms with Crippen LogP contribution in [-0.4, -0.2) is 24.4 Å². The molecule has 86 valence electrons. The maximum atomic E-state index is 11.0. The molecule has 0 aliphatic heterocycles. The van der Waals surface area contributed by atoms with Crippen molar-refractivity contribution < 1.29 is 23.2 Å². The van der Waals surface area contributed by atoms with E-state index in [1.165, 1.54) is 0 Å². The quantitative estimate of drug-likeness (QED) is 0.565. The van der Waals surface area contributed by atoms with Gasteiger partial charge in [0.1, 0.15) is 4.90 Å². The number of carboxylic acids is 1. The number of primary sulfonamides is 1. The number of rotatable bonds is 3. The van der Waals surface area contributed by atoms with E-state index >= 15 is 0 Å². The maximum Gasteiger partial charge on any atom is 0.337 e. The molecule has 0 saturated carbocycles. The lowest BCUT2D eigenvalue weighted by molar-refractivity contribution is -0.385. The first-order valence-corrected chi connectivity index (χ1v) is 5.32. The average molecular weight is 246 g/mol. The van der Waals surface area contributed by atoms with Crippen molar-refractivity contribution in [2.45, 2.75) is 4.90 Å². The van der Waals surface area contributed by atoms with Crippen LogP contribution >= 0.6 is 0 Å². The van der Waals surface area contributed by atoms with Crippen LogP contribution in [0.1, 0.15) is 10.4 Å². The summed E-state index contributed by atoms with van der Waals surface area (Å²) in [4.78, 5) is 19.4. The molecule has 0 atom stereocenters. The van der Waals surface area contributed by atoms with Gasteiger partial charge in [0, 0.05) is 12.1 Å². The largest absolute Gasteiger partial charge is 0.478 e. The van der Waals surface area contributed by atoms with Gasteiger partial charge in [-0.05, 0) is 6.07 Å². The molecule has 0 bridgehead atoms. The van der Waals surface area contributed by atoms with E-state index in [2.05, 4.69) is 0 Å². The standard InChI is InChI=1S/C7H6N2O6S/c8-16(14,15)6-3-4(9(12)13)1-2-5(6)7(10)11/h1-3H,(H,10,11)(H2,8,14,15). The van der Waals surface area contributed by atoms with E-state index < -0.39 is 37.1 Å². The van der Waals surface area contributed by atoms with Gasteiger partial charge in [-0.1, -0.05) is 0 Å². The van der Waals surface area contributed by atoms with E-state index in [0.29, 0.717) is 6.07 Å². The predicted octanol–water partition coefficient (Wildman–Crippen LogP) is -0.0596. The van der Waals surface area contributed by atoms with Crippen molar-refractivity contribution in [2.75, 3.05) is 0 Å². The number of nitro groups is 1. The highest BCUT2D eigenvalue weighted by molar-refractivity contribution is 7.89. The number of benzene rings is 1. The number of nitro benzene ring substituents is 1. The summed E-state index contributed by atoms with van der Waals surface area (Å²) in [6.45, 7) is 0. The number of non-ortho nitro benzene ring substituents is 1. The molecule has 9 heteroatoms. The lowest BCUT2D eigenvalue weighted by Crippen LogP contribution is -2.17. The van der Waals surface area contributed by atoms with Crippen molar-refractivity contribution in [3.63, 3.8) is 0 Å². The third kappa shape index (κ3) is 2.32. The second-order valence-corrected chi connectivity index (χ2v) is 4.32. The van der Waals surface area contributed by atoms with E-state index in [4.69, 9.17) is 10.2 Å². The van der Waals surface area contributed by atoms with Crippen molar-refractivity contribution in [1.29, 1.82) is 0 Å². The molecule has 0 radical (unpaired) electrons. The highest BCUT2D eigenvalue weighted by Crippen LogP contribution is 2.21. The Balaban J connectivity index is 3.58. The first-order valence-electron chi connectivity index (χ1n) is 3.78. The van der Waals surface area contributed by atoms with E-state index in [9.17, 15) is 23.3 Å². The summed E-state index contributed by atoms with van der Waals surface area (Å²) in [7, 11) is -4.32. The molecule has 0 spiro atoms. The van der Waals surface area contributed by atoms with Crippen LogP contribution in [0.4, 0.5) is 5.69 Å². The molecule has 0 amide bonds. The monoisotopic (exact) mass is 246 g/mol. The Morgan fingerprint density at radius 2 is 2.00 bits per heavy atom.